The van der Waals surface area contributed by atoms with Gasteiger partial charge in [0.2, 0.25) is 5.91 Å². The molecule has 1 amide bonds. The molecule has 0 radical (unpaired) electrons. The number of hydrogen-bond donors (Lipinski definition) is 0. The summed E-state index contributed by atoms with van der Waals surface area (Å²) < 4.78 is 5.33. The molecular weight excluding hydrogens is 250 g/mol. The van der Waals surface area contributed by atoms with Gasteiger partial charge >= 0.3 is 0 Å². The molecule has 1 aliphatic rings. The lowest BCUT2D eigenvalue weighted by atomic mass is 10.1. The molecular formula is C14H16ClNO2. The summed E-state index contributed by atoms with van der Waals surface area (Å²) >= 11 is 6.13. The van der Waals surface area contributed by atoms with Gasteiger partial charge in [-0.3, -0.25) is 4.79 Å². The molecule has 0 saturated carbocycles. The van der Waals surface area contributed by atoms with E-state index in [-0.39, 0.29) is 11.8 Å². The number of carbonyl (C=O) groups is 1. The molecule has 1 fully saturated rings. The van der Waals surface area contributed by atoms with E-state index in [4.69, 9.17) is 16.3 Å². The van der Waals surface area contributed by atoms with Crippen molar-refractivity contribution in [3.63, 3.8) is 0 Å². The average Bonchev–Trinajstić information content (AvgIpc) is 2.73. The first-order valence-electron chi connectivity index (χ1n) is 5.84. The zero-order chi connectivity index (χ0) is 13.3. The lowest BCUT2D eigenvalue weighted by molar-refractivity contribution is -0.117. The van der Waals surface area contributed by atoms with E-state index in [0.29, 0.717) is 23.7 Å². The quantitative estimate of drug-likeness (QED) is 0.786. The molecule has 0 aromatic heterocycles. The second-order valence-electron chi connectivity index (χ2n) is 4.48. The molecule has 18 heavy (non-hydrogen) atoms. The van der Waals surface area contributed by atoms with Gasteiger partial charge in [-0.05, 0) is 24.6 Å². The Morgan fingerprint density at radius 3 is 2.83 bits per heavy atom. The fourth-order valence-corrected chi connectivity index (χ4v) is 2.30. The van der Waals surface area contributed by atoms with Gasteiger partial charge in [-0.25, -0.2) is 0 Å². The minimum Gasteiger partial charge on any atom is -0.495 e. The number of aryl methyl sites for hydroxylation is 1. The van der Waals surface area contributed by atoms with Gasteiger partial charge in [0.25, 0.3) is 0 Å². The first kappa shape index (κ1) is 13.0. The zero-order valence-electron chi connectivity index (χ0n) is 10.6. The van der Waals surface area contributed by atoms with E-state index in [1.807, 2.05) is 19.1 Å². The molecule has 0 spiro atoms. The van der Waals surface area contributed by atoms with Gasteiger partial charge in [-0.2, -0.15) is 0 Å². The first-order valence-corrected chi connectivity index (χ1v) is 6.21. The third-order valence-corrected chi connectivity index (χ3v) is 3.65. The molecule has 0 N–H and O–H groups in total. The Kier molecular flexibility index (Phi) is 3.62. The number of carbonyl (C=O) groups excluding carboxylic acids is 1. The molecule has 1 heterocycles. The topological polar surface area (TPSA) is 29.5 Å². The molecule has 1 atom stereocenters. The average molecular weight is 266 g/mol. The van der Waals surface area contributed by atoms with Crippen molar-refractivity contribution in [3.8, 4) is 5.75 Å². The molecule has 1 unspecified atom stereocenters. The molecule has 3 nitrogen and oxygen atoms in total. The molecule has 96 valence electrons. The first-order chi connectivity index (χ1) is 8.56. The highest BCUT2D eigenvalue weighted by molar-refractivity contribution is 6.31. The number of nitrogens with zero attached hydrogens (tertiary/aromatic N) is 1. The van der Waals surface area contributed by atoms with Crippen LogP contribution in [0.3, 0.4) is 0 Å². The van der Waals surface area contributed by atoms with Gasteiger partial charge in [0, 0.05) is 23.9 Å². The predicted octanol–water partition coefficient (Wildman–Crippen LogP) is 3.20. The summed E-state index contributed by atoms with van der Waals surface area (Å²) in [5, 5.41) is 0.639. The molecule has 1 saturated heterocycles. The molecule has 0 aliphatic carbocycles. The zero-order valence-corrected chi connectivity index (χ0v) is 11.3. The van der Waals surface area contributed by atoms with Crippen molar-refractivity contribution in [1.82, 2.24) is 0 Å². The third-order valence-electron chi connectivity index (χ3n) is 3.24. The maximum atomic E-state index is 12.0. The van der Waals surface area contributed by atoms with Gasteiger partial charge in [-0.1, -0.05) is 17.7 Å². The fourth-order valence-electron chi connectivity index (χ4n) is 2.14. The van der Waals surface area contributed by atoms with E-state index in [0.717, 1.165) is 11.3 Å². The summed E-state index contributed by atoms with van der Waals surface area (Å²) in [6, 6.07) is 3.64. The van der Waals surface area contributed by atoms with Crippen molar-refractivity contribution in [2.24, 2.45) is 5.92 Å². The Morgan fingerprint density at radius 2 is 2.28 bits per heavy atom. The number of ether oxygens (including phenoxy) is 1. The van der Waals surface area contributed by atoms with Gasteiger partial charge in [0.15, 0.2) is 0 Å². The van der Waals surface area contributed by atoms with E-state index in [1.54, 1.807) is 18.1 Å². The van der Waals surface area contributed by atoms with Crippen molar-refractivity contribution in [3.05, 3.63) is 35.4 Å². The lowest BCUT2D eigenvalue weighted by Gasteiger charge is -2.20. The summed E-state index contributed by atoms with van der Waals surface area (Å²) in [5.74, 6) is 0.954. The van der Waals surface area contributed by atoms with Gasteiger partial charge < -0.3 is 9.64 Å². The molecule has 2 rings (SSSR count). The molecule has 0 bridgehead atoms. The van der Waals surface area contributed by atoms with E-state index in [9.17, 15) is 4.79 Å². The van der Waals surface area contributed by atoms with Crippen LogP contribution in [0.2, 0.25) is 5.02 Å². The van der Waals surface area contributed by atoms with Gasteiger partial charge in [0.1, 0.15) is 5.75 Å². The highest BCUT2D eigenvalue weighted by Crippen LogP contribution is 2.37. The highest BCUT2D eigenvalue weighted by Gasteiger charge is 2.30. The van der Waals surface area contributed by atoms with Crippen molar-refractivity contribution >= 4 is 23.2 Å². The predicted molar refractivity (Wildman–Crippen MR) is 73.4 cm³/mol. The molecule has 1 aromatic rings. The minimum absolute atomic E-state index is 0.0816. The Hall–Kier alpha value is -1.48. The maximum Gasteiger partial charge on any atom is 0.227 e. The third kappa shape index (κ3) is 2.23. The lowest BCUT2D eigenvalue weighted by Crippen LogP contribution is -2.25. The van der Waals surface area contributed by atoms with E-state index < -0.39 is 0 Å². The fraction of sp³-hybridized carbons (Fsp3) is 0.357. The van der Waals surface area contributed by atoms with Crippen molar-refractivity contribution in [1.29, 1.82) is 0 Å². The standard InChI is InChI=1S/C14H16ClNO2/c1-4-10-6-14(17)16(8-10)12-7-11(15)9(2)5-13(12)18-3/h4-5,7,10H,1,6,8H2,2-3H3. The number of rotatable bonds is 3. The smallest absolute Gasteiger partial charge is 0.227 e. The SMILES string of the molecule is C=CC1CC(=O)N(c2cc(Cl)c(C)cc2OC)C1. The Morgan fingerprint density at radius 1 is 1.56 bits per heavy atom. The number of methoxy groups -OCH3 is 1. The van der Waals surface area contributed by atoms with Gasteiger partial charge in [-0.15, -0.1) is 6.58 Å². The summed E-state index contributed by atoms with van der Waals surface area (Å²) in [6.07, 6.45) is 2.32. The van der Waals surface area contributed by atoms with Crippen LogP contribution in [0.25, 0.3) is 0 Å². The monoisotopic (exact) mass is 265 g/mol. The number of halogens is 1. The Balaban J connectivity index is 2.41. The van der Waals surface area contributed by atoms with Crippen LogP contribution in [0.4, 0.5) is 5.69 Å². The van der Waals surface area contributed by atoms with Crippen LogP contribution >= 0.6 is 11.6 Å². The number of amides is 1. The summed E-state index contributed by atoms with van der Waals surface area (Å²) in [6.45, 7) is 6.29. The van der Waals surface area contributed by atoms with Crippen LogP contribution in [0.15, 0.2) is 24.8 Å². The maximum absolute atomic E-state index is 12.0. The Labute approximate surface area is 112 Å². The van der Waals surface area contributed by atoms with Crippen LogP contribution in [0.1, 0.15) is 12.0 Å². The largest absolute Gasteiger partial charge is 0.495 e. The van der Waals surface area contributed by atoms with Crippen molar-refractivity contribution in [2.75, 3.05) is 18.6 Å². The second-order valence-corrected chi connectivity index (χ2v) is 4.88. The number of hydrogen-bond acceptors (Lipinski definition) is 2. The Bertz CT molecular complexity index is 499. The van der Waals surface area contributed by atoms with Crippen LogP contribution in [-0.2, 0) is 4.79 Å². The van der Waals surface area contributed by atoms with Crippen molar-refractivity contribution in [2.45, 2.75) is 13.3 Å². The van der Waals surface area contributed by atoms with E-state index in [1.165, 1.54) is 0 Å². The molecule has 1 aromatic carbocycles. The number of anilines is 1. The summed E-state index contributed by atoms with van der Waals surface area (Å²) in [5.41, 5.74) is 1.67. The van der Waals surface area contributed by atoms with Crippen molar-refractivity contribution < 1.29 is 9.53 Å². The van der Waals surface area contributed by atoms with Crippen LogP contribution in [-0.4, -0.2) is 19.6 Å². The highest BCUT2D eigenvalue weighted by atomic mass is 35.5. The molecule has 1 aliphatic heterocycles. The second kappa shape index (κ2) is 5.02. The normalized spacial score (nSPS) is 19.2. The molecule has 4 heteroatoms. The van der Waals surface area contributed by atoms with Crippen LogP contribution in [0, 0.1) is 12.8 Å². The van der Waals surface area contributed by atoms with Crippen LogP contribution in [0.5, 0.6) is 5.75 Å². The summed E-state index contributed by atoms with van der Waals surface area (Å²) in [7, 11) is 1.59. The minimum atomic E-state index is 0.0816. The van der Waals surface area contributed by atoms with Crippen LogP contribution < -0.4 is 9.64 Å². The van der Waals surface area contributed by atoms with E-state index >= 15 is 0 Å². The summed E-state index contributed by atoms with van der Waals surface area (Å²) in [4.78, 5) is 13.7. The van der Waals surface area contributed by atoms with Gasteiger partial charge in [0.05, 0.1) is 12.8 Å². The van der Waals surface area contributed by atoms with E-state index in [2.05, 4.69) is 6.58 Å². The number of benzene rings is 1.